The Kier molecular flexibility index (Phi) is 3.72. The maximum absolute atomic E-state index is 13.3. The summed E-state index contributed by atoms with van der Waals surface area (Å²) < 4.78 is 31.7. The number of halogens is 2. The molecule has 0 radical (unpaired) electrons. The third kappa shape index (κ3) is 2.73. The van der Waals surface area contributed by atoms with Gasteiger partial charge in [-0.2, -0.15) is 0 Å². The van der Waals surface area contributed by atoms with Gasteiger partial charge in [0.15, 0.2) is 11.6 Å². The first-order valence-electron chi connectivity index (χ1n) is 5.64. The number of nitrogens with one attached hydrogen (secondary N) is 1. The summed E-state index contributed by atoms with van der Waals surface area (Å²) in [5.41, 5.74) is 1.12. The third-order valence-electron chi connectivity index (χ3n) is 2.70. The van der Waals surface area contributed by atoms with Gasteiger partial charge in [-0.1, -0.05) is 12.1 Å². The zero-order chi connectivity index (χ0) is 13.1. The normalized spacial score (nSPS) is 10.9. The number of hydrogen-bond acceptors (Lipinski definition) is 3. The van der Waals surface area contributed by atoms with Crippen molar-refractivity contribution >= 4 is 0 Å². The van der Waals surface area contributed by atoms with Crippen LogP contribution in [0.2, 0.25) is 0 Å². The number of aryl methyl sites for hydroxylation is 2. The molecule has 0 amide bonds. The van der Waals surface area contributed by atoms with Crippen molar-refractivity contribution in [3.8, 4) is 0 Å². The molecule has 96 valence electrons. The molecule has 1 aromatic carbocycles. The molecule has 2 aromatic rings. The number of rotatable bonds is 4. The molecule has 0 aliphatic carbocycles. The molecule has 5 heteroatoms. The lowest BCUT2D eigenvalue weighted by Crippen LogP contribution is -2.14. The molecule has 0 unspecified atom stereocenters. The van der Waals surface area contributed by atoms with Crippen LogP contribution in [0.25, 0.3) is 0 Å². The third-order valence-corrected chi connectivity index (χ3v) is 2.70. The fourth-order valence-corrected chi connectivity index (χ4v) is 1.60. The second kappa shape index (κ2) is 5.27. The van der Waals surface area contributed by atoms with Crippen molar-refractivity contribution in [3.63, 3.8) is 0 Å². The summed E-state index contributed by atoms with van der Waals surface area (Å²) in [6.07, 6.45) is 0. The fourth-order valence-electron chi connectivity index (χ4n) is 1.60. The summed E-state index contributed by atoms with van der Waals surface area (Å²) >= 11 is 0. The van der Waals surface area contributed by atoms with Crippen LogP contribution in [-0.4, -0.2) is 4.98 Å². The number of benzene rings is 1. The van der Waals surface area contributed by atoms with Crippen LogP contribution in [0.3, 0.4) is 0 Å². The molecule has 0 saturated heterocycles. The molecule has 0 fully saturated rings. The van der Waals surface area contributed by atoms with Crippen molar-refractivity contribution in [2.24, 2.45) is 0 Å². The van der Waals surface area contributed by atoms with E-state index < -0.39 is 11.6 Å². The van der Waals surface area contributed by atoms with Gasteiger partial charge in [-0.05, 0) is 19.9 Å². The number of oxazole rings is 1. The highest BCUT2D eigenvalue weighted by Gasteiger charge is 2.08. The summed E-state index contributed by atoms with van der Waals surface area (Å²) in [7, 11) is 0. The fraction of sp³-hybridized carbons (Fsp3) is 0.308. The highest BCUT2D eigenvalue weighted by molar-refractivity contribution is 5.18. The molecule has 0 atom stereocenters. The van der Waals surface area contributed by atoms with Gasteiger partial charge >= 0.3 is 0 Å². The maximum Gasteiger partial charge on any atom is 0.208 e. The zero-order valence-electron chi connectivity index (χ0n) is 10.3. The van der Waals surface area contributed by atoms with E-state index in [0.29, 0.717) is 12.4 Å². The van der Waals surface area contributed by atoms with Crippen LogP contribution in [0.4, 0.5) is 8.78 Å². The van der Waals surface area contributed by atoms with Gasteiger partial charge in [-0.15, -0.1) is 0 Å². The van der Waals surface area contributed by atoms with Crippen LogP contribution in [0, 0.1) is 25.5 Å². The van der Waals surface area contributed by atoms with E-state index in [1.807, 2.05) is 13.8 Å². The largest absolute Gasteiger partial charge is 0.444 e. The summed E-state index contributed by atoms with van der Waals surface area (Å²) in [5.74, 6) is -0.340. The van der Waals surface area contributed by atoms with Crippen molar-refractivity contribution in [3.05, 3.63) is 52.7 Å². The van der Waals surface area contributed by atoms with Crippen molar-refractivity contribution < 1.29 is 13.2 Å². The van der Waals surface area contributed by atoms with Crippen molar-refractivity contribution in [1.82, 2.24) is 10.3 Å². The lowest BCUT2D eigenvalue weighted by molar-refractivity contribution is 0.443. The zero-order valence-corrected chi connectivity index (χ0v) is 10.3. The van der Waals surface area contributed by atoms with Crippen LogP contribution >= 0.6 is 0 Å². The Morgan fingerprint density at radius 2 is 2.00 bits per heavy atom. The van der Waals surface area contributed by atoms with Crippen LogP contribution in [0.1, 0.15) is 22.9 Å². The molecular formula is C13H14F2N2O. The minimum absolute atomic E-state index is 0.226. The quantitative estimate of drug-likeness (QED) is 0.909. The van der Waals surface area contributed by atoms with Crippen LogP contribution in [0.15, 0.2) is 22.6 Å². The van der Waals surface area contributed by atoms with Gasteiger partial charge in [0, 0.05) is 12.1 Å². The second-order valence-electron chi connectivity index (χ2n) is 4.07. The Morgan fingerprint density at radius 1 is 1.22 bits per heavy atom. The summed E-state index contributed by atoms with van der Waals surface area (Å²) in [4.78, 5) is 4.18. The Bertz CT molecular complexity index is 532. The van der Waals surface area contributed by atoms with E-state index in [9.17, 15) is 8.78 Å². The monoisotopic (exact) mass is 252 g/mol. The molecule has 0 aliphatic heterocycles. The molecular weight excluding hydrogens is 238 g/mol. The molecule has 0 bridgehead atoms. The number of aromatic nitrogens is 1. The molecule has 2 rings (SSSR count). The van der Waals surface area contributed by atoms with Gasteiger partial charge in [0.25, 0.3) is 0 Å². The Hall–Kier alpha value is -1.75. The molecule has 0 saturated carbocycles. The Morgan fingerprint density at radius 3 is 2.67 bits per heavy atom. The first-order chi connectivity index (χ1) is 8.58. The van der Waals surface area contributed by atoms with E-state index in [-0.39, 0.29) is 12.1 Å². The first-order valence-corrected chi connectivity index (χ1v) is 5.64. The molecule has 1 aromatic heterocycles. The van der Waals surface area contributed by atoms with E-state index in [4.69, 9.17) is 4.42 Å². The van der Waals surface area contributed by atoms with Crippen molar-refractivity contribution in [2.75, 3.05) is 0 Å². The maximum atomic E-state index is 13.3. The van der Waals surface area contributed by atoms with Gasteiger partial charge in [-0.3, -0.25) is 0 Å². The molecule has 18 heavy (non-hydrogen) atoms. The van der Waals surface area contributed by atoms with Crippen LogP contribution in [-0.2, 0) is 13.1 Å². The Labute approximate surface area is 104 Å². The standard InChI is InChI=1S/C13H14F2N2O/c1-8-9(2)18-12(17-8)7-16-6-10-4-3-5-11(14)13(10)15/h3-5,16H,6-7H2,1-2H3. The SMILES string of the molecule is Cc1nc(CNCc2cccc(F)c2F)oc1C. The molecule has 1 heterocycles. The van der Waals surface area contributed by atoms with Crippen molar-refractivity contribution in [1.29, 1.82) is 0 Å². The van der Waals surface area contributed by atoms with E-state index >= 15 is 0 Å². The average Bonchev–Trinajstić information content (AvgIpc) is 2.64. The molecule has 0 aliphatic rings. The van der Waals surface area contributed by atoms with E-state index in [1.54, 1.807) is 0 Å². The highest BCUT2D eigenvalue weighted by atomic mass is 19.2. The molecule has 3 nitrogen and oxygen atoms in total. The summed E-state index contributed by atoms with van der Waals surface area (Å²) in [6, 6.07) is 4.12. The highest BCUT2D eigenvalue weighted by Crippen LogP contribution is 2.12. The van der Waals surface area contributed by atoms with Gasteiger partial charge in [-0.25, -0.2) is 13.8 Å². The van der Waals surface area contributed by atoms with Crippen molar-refractivity contribution in [2.45, 2.75) is 26.9 Å². The van der Waals surface area contributed by atoms with Gasteiger partial charge in [0.2, 0.25) is 5.89 Å². The van der Waals surface area contributed by atoms with Gasteiger partial charge < -0.3 is 9.73 Å². The lowest BCUT2D eigenvalue weighted by atomic mass is 10.2. The van der Waals surface area contributed by atoms with E-state index in [2.05, 4.69) is 10.3 Å². The van der Waals surface area contributed by atoms with E-state index in [1.165, 1.54) is 12.1 Å². The molecule has 1 N–H and O–H groups in total. The van der Waals surface area contributed by atoms with Gasteiger partial charge in [0.05, 0.1) is 12.2 Å². The lowest BCUT2D eigenvalue weighted by Gasteiger charge is -2.04. The smallest absolute Gasteiger partial charge is 0.208 e. The minimum atomic E-state index is -0.836. The predicted octanol–water partition coefficient (Wildman–Crippen LogP) is 2.86. The summed E-state index contributed by atoms with van der Waals surface area (Å²) in [6.45, 7) is 4.29. The first kappa shape index (κ1) is 12.7. The second-order valence-corrected chi connectivity index (χ2v) is 4.07. The van der Waals surface area contributed by atoms with Gasteiger partial charge in [0.1, 0.15) is 5.76 Å². The average molecular weight is 252 g/mol. The number of nitrogens with zero attached hydrogens (tertiary/aromatic N) is 1. The Balaban J connectivity index is 1.94. The van der Waals surface area contributed by atoms with Crippen LogP contribution in [0.5, 0.6) is 0 Å². The summed E-state index contributed by atoms with van der Waals surface area (Å²) in [5, 5.41) is 2.96. The topological polar surface area (TPSA) is 38.1 Å². The predicted molar refractivity (Wildman–Crippen MR) is 62.9 cm³/mol. The minimum Gasteiger partial charge on any atom is -0.444 e. The van der Waals surface area contributed by atoms with E-state index in [0.717, 1.165) is 17.5 Å². The van der Waals surface area contributed by atoms with Crippen LogP contribution < -0.4 is 5.32 Å². The molecule has 0 spiro atoms. The number of hydrogen-bond donors (Lipinski definition) is 1.